The summed E-state index contributed by atoms with van der Waals surface area (Å²) in [5.41, 5.74) is 6.72. The Labute approximate surface area is 103 Å². The summed E-state index contributed by atoms with van der Waals surface area (Å²) >= 11 is 12.4. The lowest BCUT2D eigenvalue weighted by atomic mass is 10.3. The van der Waals surface area contributed by atoms with Crippen LogP contribution in [0.4, 0.5) is 11.4 Å². The van der Waals surface area contributed by atoms with E-state index in [1.165, 1.54) is 6.92 Å². The molecule has 0 aliphatic rings. The minimum absolute atomic E-state index is 0.185. The quantitative estimate of drug-likeness (QED) is 0.607. The van der Waals surface area contributed by atoms with Gasteiger partial charge in [0, 0.05) is 11.4 Å². The van der Waals surface area contributed by atoms with Crippen molar-refractivity contribution in [3.63, 3.8) is 0 Å². The van der Waals surface area contributed by atoms with Crippen molar-refractivity contribution in [1.29, 1.82) is 0 Å². The molecule has 3 N–H and O–H groups in total. The first-order valence-corrected chi connectivity index (χ1v) is 5.60. The molecule has 6 heteroatoms. The van der Waals surface area contributed by atoms with Crippen molar-refractivity contribution < 1.29 is 4.79 Å². The molecule has 0 saturated carbocycles. The summed E-state index contributed by atoms with van der Waals surface area (Å²) in [4.78, 5) is 10.8. The van der Waals surface area contributed by atoms with Gasteiger partial charge in [-0.15, -0.1) is 0 Å². The van der Waals surface area contributed by atoms with E-state index < -0.39 is 0 Å². The second-order valence-electron chi connectivity index (χ2n) is 2.63. The fraction of sp³-hybridized carbons (Fsp3) is 0.125. The highest BCUT2D eigenvalue weighted by Crippen LogP contribution is 2.39. The molecule has 3 nitrogen and oxygen atoms in total. The zero-order valence-electron chi connectivity index (χ0n) is 7.20. The predicted molar refractivity (Wildman–Crippen MR) is 65.6 cm³/mol. The van der Waals surface area contributed by atoms with Gasteiger partial charge in [0.25, 0.3) is 0 Å². The molecule has 1 amide bonds. The molecule has 76 valence electrons. The monoisotopic (exact) mass is 340 g/mol. The molecule has 0 aliphatic carbocycles. The summed E-state index contributed by atoms with van der Waals surface area (Å²) in [6, 6.07) is 1.66. The van der Waals surface area contributed by atoms with Crippen molar-refractivity contribution in [3.8, 4) is 0 Å². The number of hydrogen-bond acceptors (Lipinski definition) is 2. The fourth-order valence-electron chi connectivity index (χ4n) is 0.890. The van der Waals surface area contributed by atoms with Gasteiger partial charge in [-0.05, 0) is 37.9 Å². The first-order chi connectivity index (χ1) is 6.43. The molecular weight excluding hydrogens is 335 g/mol. The van der Waals surface area contributed by atoms with Gasteiger partial charge in [0.2, 0.25) is 5.91 Å². The maximum Gasteiger partial charge on any atom is 0.221 e. The van der Waals surface area contributed by atoms with Crippen LogP contribution in [0.5, 0.6) is 0 Å². The van der Waals surface area contributed by atoms with Crippen LogP contribution in [-0.4, -0.2) is 5.91 Å². The number of carbonyl (C=O) groups excluding carboxylic acids is 1. The number of carbonyl (C=O) groups is 1. The Balaban J connectivity index is 3.25. The Kier molecular flexibility index (Phi) is 3.80. The molecule has 0 heterocycles. The molecule has 0 saturated heterocycles. The Morgan fingerprint density at radius 2 is 2.14 bits per heavy atom. The van der Waals surface area contributed by atoms with E-state index in [-0.39, 0.29) is 5.91 Å². The van der Waals surface area contributed by atoms with Crippen LogP contribution in [0.2, 0.25) is 5.02 Å². The Hall–Kier alpha value is -0.260. The largest absolute Gasteiger partial charge is 0.397 e. The van der Waals surface area contributed by atoms with E-state index >= 15 is 0 Å². The van der Waals surface area contributed by atoms with Gasteiger partial charge in [-0.1, -0.05) is 11.6 Å². The molecule has 0 bridgehead atoms. The van der Waals surface area contributed by atoms with Gasteiger partial charge in [0.1, 0.15) is 0 Å². The summed E-state index contributed by atoms with van der Waals surface area (Å²) in [7, 11) is 0. The topological polar surface area (TPSA) is 55.1 Å². The average Bonchev–Trinajstić information content (AvgIpc) is 2.10. The van der Waals surface area contributed by atoms with Crippen LogP contribution < -0.4 is 11.1 Å². The van der Waals surface area contributed by atoms with Crippen molar-refractivity contribution in [1.82, 2.24) is 0 Å². The minimum Gasteiger partial charge on any atom is -0.397 e. The van der Waals surface area contributed by atoms with E-state index in [0.29, 0.717) is 25.3 Å². The highest BCUT2D eigenvalue weighted by Gasteiger charge is 2.12. The summed E-state index contributed by atoms with van der Waals surface area (Å²) in [5.74, 6) is -0.185. The second-order valence-corrected chi connectivity index (χ2v) is 4.65. The van der Waals surface area contributed by atoms with Crippen LogP contribution in [0, 0.1) is 0 Å². The molecule has 0 fully saturated rings. The number of halogens is 3. The van der Waals surface area contributed by atoms with E-state index in [9.17, 15) is 4.79 Å². The van der Waals surface area contributed by atoms with Gasteiger partial charge in [-0.2, -0.15) is 0 Å². The number of nitrogen functional groups attached to an aromatic ring is 1. The third kappa shape index (κ3) is 2.40. The van der Waals surface area contributed by atoms with Crippen molar-refractivity contribution in [2.45, 2.75) is 6.92 Å². The molecule has 1 aromatic rings. The molecule has 0 aliphatic heterocycles. The number of amides is 1. The number of anilines is 2. The summed E-state index contributed by atoms with van der Waals surface area (Å²) in [5, 5.41) is 2.99. The molecule has 0 unspecified atom stereocenters. The van der Waals surface area contributed by atoms with Crippen molar-refractivity contribution >= 4 is 60.7 Å². The molecule has 0 atom stereocenters. The molecular formula is C8H7Br2ClN2O. The maximum atomic E-state index is 10.8. The summed E-state index contributed by atoms with van der Waals surface area (Å²) < 4.78 is 1.25. The average molecular weight is 342 g/mol. The van der Waals surface area contributed by atoms with Gasteiger partial charge in [0.15, 0.2) is 0 Å². The Bertz CT molecular complexity index is 395. The zero-order chi connectivity index (χ0) is 10.9. The van der Waals surface area contributed by atoms with E-state index in [1.54, 1.807) is 6.07 Å². The SMILES string of the molecule is CC(=O)Nc1cc(Br)c(N)c(Br)c1Cl. The van der Waals surface area contributed by atoms with E-state index in [1.807, 2.05) is 0 Å². The van der Waals surface area contributed by atoms with Crippen LogP contribution in [0.15, 0.2) is 15.0 Å². The van der Waals surface area contributed by atoms with Crippen LogP contribution in [0.1, 0.15) is 6.92 Å². The van der Waals surface area contributed by atoms with E-state index in [0.717, 1.165) is 0 Å². The third-order valence-corrected chi connectivity index (χ3v) is 3.61. The van der Waals surface area contributed by atoms with Crippen molar-refractivity contribution in [2.75, 3.05) is 11.1 Å². The first kappa shape index (κ1) is 11.8. The number of benzene rings is 1. The highest BCUT2D eigenvalue weighted by atomic mass is 79.9. The molecule has 1 rings (SSSR count). The van der Waals surface area contributed by atoms with Crippen molar-refractivity contribution in [2.24, 2.45) is 0 Å². The van der Waals surface area contributed by atoms with Gasteiger partial charge < -0.3 is 11.1 Å². The summed E-state index contributed by atoms with van der Waals surface area (Å²) in [6.45, 7) is 1.41. The normalized spacial score (nSPS) is 10.0. The number of nitrogens with one attached hydrogen (secondary N) is 1. The molecule has 0 radical (unpaired) electrons. The third-order valence-electron chi connectivity index (χ3n) is 1.50. The van der Waals surface area contributed by atoms with Gasteiger partial charge in [-0.25, -0.2) is 0 Å². The Morgan fingerprint density at radius 1 is 1.57 bits per heavy atom. The summed E-state index contributed by atoms with van der Waals surface area (Å²) in [6.07, 6.45) is 0. The molecule has 1 aromatic carbocycles. The molecule has 0 aromatic heterocycles. The number of nitrogens with two attached hydrogens (primary N) is 1. The highest BCUT2D eigenvalue weighted by molar-refractivity contribution is 9.11. The minimum atomic E-state index is -0.185. The van der Waals surface area contributed by atoms with Crippen LogP contribution in [-0.2, 0) is 4.79 Å². The van der Waals surface area contributed by atoms with E-state index in [2.05, 4.69) is 37.2 Å². The van der Waals surface area contributed by atoms with Crippen LogP contribution in [0.25, 0.3) is 0 Å². The molecule has 0 spiro atoms. The van der Waals surface area contributed by atoms with Crippen LogP contribution in [0.3, 0.4) is 0 Å². The second kappa shape index (κ2) is 4.51. The fourth-order valence-corrected chi connectivity index (χ4v) is 2.21. The maximum absolute atomic E-state index is 10.8. The predicted octanol–water partition coefficient (Wildman–Crippen LogP) is 3.41. The number of hydrogen-bond donors (Lipinski definition) is 2. The lowest BCUT2D eigenvalue weighted by molar-refractivity contribution is -0.114. The Morgan fingerprint density at radius 3 is 2.64 bits per heavy atom. The van der Waals surface area contributed by atoms with Crippen LogP contribution >= 0.6 is 43.5 Å². The zero-order valence-corrected chi connectivity index (χ0v) is 11.1. The lowest BCUT2D eigenvalue weighted by Crippen LogP contribution is -2.07. The smallest absolute Gasteiger partial charge is 0.221 e. The van der Waals surface area contributed by atoms with Gasteiger partial charge in [-0.3, -0.25) is 4.79 Å². The lowest BCUT2D eigenvalue weighted by Gasteiger charge is -2.10. The number of rotatable bonds is 1. The standard InChI is InChI=1S/C8H7Br2ClN2O/c1-3(14)13-5-2-4(9)8(12)6(10)7(5)11/h2H,12H2,1H3,(H,13,14). The molecule has 14 heavy (non-hydrogen) atoms. The van der Waals surface area contributed by atoms with Gasteiger partial charge >= 0.3 is 0 Å². The van der Waals surface area contributed by atoms with Gasteiger partial charge in [0.05, 0.1) is 20.9 Å². The first-order valence-electron chi connectivity index (χ1n) is 3.64. The van der Waals surface area contributed by atoms with E-state index in [4.69, 9.17) is 17.3 Å². The van der Waals surface area contributed by atoms with Crippen molar-refractivity contribution in [3.05, 3.63) is 20.0 Å².